The predicted octanol–water partition coefficient (Wildman–Crippen LogP) is 3.17. The lowest BCUT2D eigenvalue weighted by Crippen LogP contribution is -1.94. The molecule has 0 aliphatic carbocycles. The Bertz CT molecular complexity index is 745. The highest BCUT2D eigenvalue weighted by atomic mass is 35.5. The van der Waals surface area contributed by atoms with Gasteiger partial charge in [0.25, 0.3) is 0 Å². The molecule has 0 bridgehead atoms. The lowest BCUT2D eigenvalue weighted by Gasteiger charge is -1.97. The third-order valence-electron chi connectivity index (χ3n) is 2.66. The second-order valence-corrected chi connectivity index (χ2v) is 4.15. The van der Waals surface area contributed by atoms with Crippen LogP contribution in [0.15, 0.2) is 35.0 Å². The lowest BCUT2D eigenvalue weighted by atomic mass is 10.1. The van der Waals surface area contributed by atoms with Gasteiger partial charge in [-0.25, -0.2) is 4.79 Å². The maximum atomic E-state index is 10.8. The summed E-state index contributed by atoms with van der Waals surface area (Å²) < 4.78 is 5.04. The highest BCUT2D eigenvalue weighted by Crippen LogP contribution is 2.31. The number of halogens is 1. The molecule has 3 rings (SSSR count). The number of aromatic nitrogens is 2. The molecule has 0 aliphatic rings. The maximum Gasteiger partial charge on any atom is 0.358 e. The van der Waals surface area contributed by atoms with Crippen molar-refractivity contribution in [3.63, 3.8) is 0 Å². The Morgan fingerprint density at radius 3 is 3.00 bits per heavy atom. The molecule has 18 heavy (non-hydrogen) atoms. The third-order valence-corrected chi connectivity index (χ3v) is 2.97. The molecule has 0 saturated heterocycles. The lowest BCUT2D eigenvalue weighted by molar-refractivity contribution is 0.0686. The molecular formula is C12H7ClN2O3. The van der Waals surface area contributed by atoms with Gasteiger partial charge in [-0.05, 0) is 6.07 Å². The van der Waals surface area contributed by atoms with Gasteiger partial charge in [0.15, 0.2) is 11.5 Å². The van der Waals surface area contributed by atoms with Crippen LogP contribution in [0.1, 0.15) is 10.5 Å². The number of carboxylic acids is 1. The Morgan fingerprint density at radius 1 is 1.44 bits per heavy atom. The molecule has 0 saturated carbocycles. The van der Waals surface area contributed by atoms with Gasteiger partial charge in [-0.2, -0.15) is 0 Å². The average Bonchev–Trinajstić information content (AvgIpc) is 2.97. The summed E-state index contributed by atoms with van der Waals surface area (Å²) in [6, 6.07) is 6.87. The maximum absolute atomic E-state index is 10.8. The number of rotatable bonds is 2. The summed E-state index contributed by atoms with van der Waals surface area (Å²) in [5.74, 6) is -0.738. The number of hydrogen-bond donors (Lipinski definition) is 2. The number of aromatic amines is 1. The van der Waals surface area contributed by atoms with E-state index in [9.17, 15) is 4.79 Å². The van der Waals surface area contributed by atoms with Crippen LogP contribution in [0.4, 0.5) is 0 Å². The number of nitrogens with zero attached hydrogens (tertiary/aromatic N) is 1. The third kappa shape index (κ3) is 1.56. The first kappa shape index (κ1) is 10.9. The first-order valence-electron chi connectivity index (χ1n) is 5.13. The summed E-state index contributed by atoms with van der Waals surface area (Å²) in [5, 5.41) is 13.7. The van der Waals surface area contributed by atoms with E-state index in [1.165, 1.54) is 6.07 Å². The predicted molar refractivity (Wildman–Crippen MR) is 65.8 cm³/mol. The quantitative estimate of drug-likeness (QED) is 0.743. The minimum absolute atomic E-state index is 0.125. The van der Waals surface area contributed by atoms with Crippen LogP contribution in [0, 0.1) is 0 Å². The van der Waals surface area contributed by atoms with E-state index in [4.69, 9.17) is 21.2 Å². The highest BCUT2D eigenvalue weighted by Gasteiger charge is 2.15. The molecule has 0 aliphatic heterocycles. The second-order valence-electron chi connectivity index (χ2n) is 3.75. The first-order chi connectivity index (χ1) is 8.66. The molecule has 2 aromatic heterocycles. The second kappa shape index (κ2) is 3.89. The first-order valence-corrected chi connectivity index (χ1v) is 5.50. The van der Waals surface area contributed by atoms with E-state index >= 15 is 0 Å². The molecule has 0 radical (unpaired) electrons. The molecule has 0 atom stereocenters. The Hall–Kier alpha value is -2.27. The van der Waals surface area contributed by atoms with Gasteiger partial charge in [0.2, 0.25) is 0 Å². The molecule has 0 unspecified atom stereocenters. The fourth-order valence-electron chi connectivity index (χ4n) is 1.83. The summed E-state index contributed by atoms with van der Waals surface area (Å²) in [7, 11) is 0. The SMILES string of the molecule is O=C(O)c1cc(-c2cccc3c(Cl)c[nH]c23)on1. The zero-order valence-electron chi connectivity index (χ0n) is 8.98. The molecule has 0 fully saturated rings. The van der Waals surface area contributed by atoms with Gasteiger partial charge >= 0.3 is 5.97 Å². The number of hydrogen-bond acceptors (Lipinski definition) is 3. The molecule has 2 heterocycles. The normalized spacial score (nSPS) is 10.9. The number of carbonyl (C=O) groups is 1. The minimum atomic E-state index is -1.12. The summed E-state index contributed by atoms with van der Waals surface area (Å²) in [4.78, 5) is 13.8. The van der Waals surface area contributed by atoms with Crippen molar-refractivity contribution in [2.75, 3.05) is 0 Å². The van der Waals surface area contributed by atoms with Gasteiger partial charge in [-0.3, -0.25) is 0 Å². The van der Waals surface area contributed by atoms with Gasteiger partial charge < -0.3 is 14.6 Å². The molecule has 0 amide bonds. The van der Waals surface area contributed by atoms with Gasteiger partial charge in [0.05, 0.1) is 10.5 Å². The number of aromatic carboxylic acids is 1. The van der Waals surface area contributed by atoms with E-state index < -0.39 is 5.97 Å². The van der Waals surface area contributed by atoms with E-state index in [1.807, 2.05) is 12.1 Å². The molecular weight excluding hydrogens is 256 g/mol. The summed E-state index contributed by atoms with van der Waals surface area (Å²) in [5.41, 5.74) is 1.38. The van der Waals surface area contributed by atoms with E-state index in [2.05, 4.69) is 10.1 Å². The largest absolute Gasteiger partial charge is 0.476 e. The zero-order chi connectivity index (χ0) is 12.7. The van der Waals surface area contributed by atoms with Crippen molar-refractivity contribution in [3.8, 4) is 11.3 Å². The molecule has 90 valence electrons. The summed E-state index contributed by atoms with van der Waals surface area (Å²) in [6.07, 6.45) is 1.67. The zero-order valence-corrected chi connectivity index (χ0v) is 9.73. The highest BCUT2D eigenvalue weighted by molar-refractivity contribution is 6.35. The molecule has 2 N–H and O–H groups in total. The smallest absolute Gasteiger partial charge is 0.358 e. The standard InChI is InChI=1S/C12H7ClN2O3/c13-8-5-14-11-6(8)2-1-3-7(11)10-4-9(12(16)17)15-18-10/h1-5,14H,(H,16,17). The van der Waals surface area contributed by atoms with Crippen LogP contribution in [-0.4, -0.2) is 21.2 Å². The fourth-order valence-corrected chi connectivity index (χ4v) is 2.04. The van der Waals surface area contributed by atoms with Crippen molar-refractivity contribution >= 4 is 28.5 Å². The Balaban J connectivity index is 2.21. The molecule has 6 heteroatoms. The van der Waals surface area contributed by atoms with Crippen molar-refractivity contribution in [2.24, 2.45) is 0 Å². The van der Waals surface area contributed by atoms with Crippen molar-refractivity contribution in [1.82, 2.24) is 10.1 Å². The topological polar surface area (TPSA) is 79.1 Å². The van der Waals surface area contributed by atoms with Crippen LogP contribution in [-0.2, 0) is 0 Å². The van der Waals surface area contributed by atoms with Crippen LogP contribution in [0.3, 0.4) is 0 Å². The van der Waals surface area contributed by atoms with E-state index in [1.54, 1.807) is 12.3 Å². The van der Waals surface area contributed by atoms with Crippen molar-refractivity contribution in [3.05, 3.63) is 41.2 Å². The van der Waals surface area contributed by atoms with Crippen molar-refractivity contribution in [1.29, 1.82) is 0 Å². The number of benzene rings is 1. The van der Waals surface area contributed by atoms with Gasteiger partial charge in [-0.1, -0.05) is 28.9 Å². The van der Waals surface area contributed by atoms with E-state index in [0.717, 1.165) is 16.5 Å². The summed E-state index contributed by atoms with van der Waals surface area (Å²) >= 11 is 6.02. The number of carboxylic acid groups (broad SMARTS) is 1. The number of fused-ring (bicyclic) bond motifs is 1. The van der Waals surface area contributed by atoms with Gasteiger partial charge in [0.1, 0.15) is 0 Å². The Kier molecular flexibility index (Phi) is 2.34. The van der Waals surface area contributed by atoms with Crippen LogP contribution < -0.4 is 0 Å². The van der Waals surface area contributed by atoms with Crippen molar-refractivity contribution in [2.45, 2.75) is 0 Å². The number of H-pyrrole nitrogens is 1. The molecule has 3 aromatic rings. The monoisotopic (exact) mass is 262 g/mol. The Morgan fingerprint density at radius 2 is 2.28 bits per heavy atom. The van der Waals surface area contributed by atoms with Gasteiger partial charge in [0, 0.05) is 23.2 Å². The fraction of sp³-hybridized carbons (Fsp3) is 0. The van der Waals surface area contributed by atoms with Crippen molar-refractivity contribution < 1.29 is 14.4 Å². The Labute approximate surface area is 106 Å². The van der Waals surface area contributed by atoms with Crippen LogP contribution in [0.25, 0.3) is 22.2 Å². The minimum Gasteiger partial charge on any atom is -0.476 e. The van der Waals surface area contributed by atoms with Crippen LogP contribution in [0.5, 0.6) is 0 Å². The van der Waals surface area contributed by atoms with Crippen LogP contribution in [0.2, 0.25) is 5.02 Å². The molecule has 1 aromatic carbocycles. The molecule has 5 nitrogen and oxygen atoms in total. The number of nitrogens with one attached hydrogen (secondary N) is 1. The van der Waals surface area contributed by atoms with E-state index in [0.29, 0.717) is 10.8 Å². The summed E-state index contributed by atoms with van der Waals surface area (Å²) in [6.45, 7) is 0. The van der Waals surface area contributed by atoms with Gasteiger partial charge in [-0.15, -0.1) is 0 Å². The average molecular weight is 263 g/mol. The van der Waals surface area contributed by atoms with Crippen LogP contribution >= 0.6 is 11.6 Å². The number of para-hydroxylation sites is 1. The van der Waals surface area contributed by atoms with E-state index in [-0.39, 0.29) is 5.69 Å². The molecule has 0 spiro atoms.